The summed E-state index contributed by atoms with van der Waals surface area (Å²) >= 11 is 18.9. The summed E-state index contributed by atoms with van der Waals surface area (Å²) in [6.07, 6.45) is 1.13. The largest absolute Gasteiger partial charge is 0.396 e. The number of rotatable bonds is 4. The first-order valence-electron chi connectivity index (χ1n) is 7.56. The molecule has 1 saturated carbocycles. The number of aliphatic hydroxyl groups is 1. The molecular weight excluding hydrogens is 385 g/mol. The number of halogens is 2. The Kier molecular flexibility index (Phi) is 6.85. The van der Waals surface area contributed by atoms with Crippen LogP contribution >= 0.6 is 47.2 Å². The summed E-state index contributed by atoms with van der Waals surface area (Å²) in [4.78, 5) is 17.3. The number of carbonyl (C=O) groups is 1. The van der Waals surface area contributed by atoms with E-state index in [2.05, 4.69) is 4.99 Å². The monoisotopic (exact) mass is 403 g/mol. The van der Waals surface area contributed by atoms with E-state index in [0.717, 1.165) is 5.71 Å². The van der Waals surface area contributed by atoms with E-state index < -0.39 is 5.92 Å². The molecule has 0 amide bonds. The summed E-state index contributed by atoms with van der Waals surface area (Å²) in [7, 11) is 0. The van der Waals surface area contributed by atoms with Gasteiger partial charge in [-0.05, 0) is 30.0 Å². The van der Waals surface area contributed by atoms with Gasteiger partial charge in [0.05, 0.1) is 27.4 Å². The van der Waals surface area contributed by atoms with E-state index in [-0.39, 0.29) is 17.8 Å². The molecule has 1 aliphatic carbocycles. The summed E-state index contributed by atoms with van der Waals surface area (Å²) in [5, 5.41) is 9.98. The molecule has 7 heteroatoms. The molecule has 1 fully saturated rings. The second kappa shape index (κ2) is 8.28. The molecule has 0 heterocycles. The predicted octanol–water partition coefficient (Wildman–Crippen LogP) is 5.12. The number of carbonyl (C=O) groups excluding carboxylic acids is 1. The second-order valence-corrected chi connectivity index (χ2v) is 9.19. The Morgan fingerprint density at radius 2 is 2.12 bits per heavy atom. The van der Waals surface area contributed by atoms with Gasteiger partial charge in [0.15, 0.2) is 0 Å². The van der Waals surface area contributed by atoms with Crippen molar-refractivity contribution in [3.63, 3.8) is 0 Å². The molecule has 130 valence electrons. The van der Waals surface area contributed by atoms with Crippen LogP contribution in [-0.2, 0) is 4.79 Å². The average molecular weight is 404 g/mol. The van der Waals surface area contributed by atoms with Crippen LogP contribution in [-0.4, -0.2) is 33.2 Å². The zero-order chi connectivity index (χ0) is 17.9. The predicted molar refractivity (Wildman–Crippen MR) is 107 cm³/mol. The molecular formula is C17H19Cl2NO2S2. The van der Waals surface area contributed by atoms with Crippen LogP contribution < -0.4 is 0 Å². The lowest BCUT2D eigenvalue weighted by Gasteiger charge is -2.34. The molecule has 1 atom stereocenters. The smallest absolute Gasteiger partial charge is 0.147 e. The number of ketones is 1. The van der Waals surface area contributed by atoms with Gasteiger partial charge >= 0.3 is 0 Å². The van der Waals surface area contributed by atoms with Gasteiger partial charge < -0.3 is 5.11 Å². The molecule has 0 aliphatic heterocycles. The maximum atomic E-state index is 12.7. The lowest BCUT2D eigenvalue weighted by atomic mass is 9.71. The molecule has 3 nitrogen and oxygen atoms in total. The molecule has 0 aromatic heterocycles. The fraction of sp³-hybridized carbons (Fsp3) is 0.471. The number of benzene rings is 1. The average Bonchev–Trinajstić information content (AvgIpc) is 2.46. The van der Waals surface area contributed by atoms with Crippen LogP contribution in [0.1, 0.15) is 26.7 Å². The Labute approximate surface area is 161 Å². The Balaban J connectivity index is 2.41. The van der Waals surface area contributed by atoms with Crippen LogP contribution in [0.25, 0.3) is 0 Å². The summed E-state index contributed by atoms with van der Waals surface area (Å²) in [6.45, 7) is 4.11. The van der Waals surface area contributed by atoms with E-state index in [9.17, 15) is 4.79 Å². The minimum atomic E-state index is -0.503. The molecule has 0 radical (unpaired) electrons. The van der Waals surface area contributed by atoms with Crippen LogP contribution in [0.2, 0.25) is 10.0 Å². The quantitative estimate of drug-likeness (QED) is 0.708. The summed E-state index contributed by atoms with van der Waals surface area (Å²) in [6, 6.07) is 5.09. The van der Waals surface area contributed by atoms with Gasteiger partial charge in [0.2, 0.25) is 0 Å². The van der Waals surface area contributed by atoms with Crippen LogP contribution in [0, 0.1) is 11.3 Å². The molecule has 1 unspecified atom stereocenters. The molecule has 0 saturated heterocycles. The van der Waals surface area contributed by atoms with Crippen molar-refractivity contribution < 1.29 is 9.90 Å². The zero-order valence-electron chi connectivity index (χ0n) is 13.5. The molecule has 1 aromatic rings. The molecule has 0 bridgehead atoms. The minimum absolute atomic E-state index is 0.0205. The van der Waals surface area contributed by atoms with Crippen molar-refractivity contribution in [3.8, 4) is 0 Å². The highest BCUT2D eigenvalue weighted by molar-refractivity contribution is 8.23. The van der Waals surface area contributed by atoms with E-state index in [1.54, 1.807) is 18.2 Å². The van der Waals surface area contributed by atoms with E-state index in [4.69, 9.17) is 40.5 Å². The summed E-state index contributed by atoms with van der Waals surface area (Å²) < 4.78 is 0.563. The minimum Gasteiger partial charge on any atom is -0.396 e. The highest BCUT2D eigenvalue weighted by atomic mass is 35.5. The van der Waals surface area contributed by atoms with Gasteiger partial charge in [0.25, 0.3) is 0 Å². The molecule has 0 spiro atoms. The Hall–Kier alpha value is -0.460. The summed E-state index contributed by atoms with van der Waals surface area (Å²) in [5.74, 6) is 0.0444. The number of aliphatic imine (C=N–C) groups is 1. The SMILES string of the molecule is CC1(C)CC(=O)C(C(=S)SCCO)C(=Nc2ccc(Cl)cc2Cl)C1. The number of hydrogen-bond donors (Lipinski definition) is 1. The van der Waals surface area contributed by atoms with E-state index in [1.807, 2.05) is 13.8 Å². The first-order chi connectivity index (χ1) is 11.2. The lowest BCUT2D eigenvalue weighted by molar-refractivity contribution is -0.122. The van der Waals surface area contributed by atoms with Gasteiger partial charge in [-0.3, -0.25) is 9.79 Å². The van der Waals surface area contributed by atoms with Crippen molar-refractivity contribution in [2.45, 2.75) is 26.7 Å². The number of hydrogen-bond acceptors (Lipinski definition) is 5. The number of Topliss-reactive ketones (excluding diaryl/α,β-unsaturated/α-hetero) is 1. The van der Waals surface area contributed by atoms with Crippen LogP contribution in [0.3, 0.4) is 0 Å². The number of aliphatic hydroxyl groups excluding tert-OH is 1. The van der Waals surface area contributed by atoms with Gasteiger partial charge in [0, 0.05) is 22.9 Å². The van der Waals surface area contributed by atoms with Gasteiger partial charge in [-0.1, -0.05) is 49.3 Å². The number of thiocarbonyl (C=S) groups is 1. The highest BCUT2D eigenvalue weighted by Gasteiger charge is 2.40. The van der Waals surface area contributed by atoms with Crippen molar-refractivity contribution in [2.75, 3.05) is 12.4 Å². The van der Waals surface area contributed by atoms with Crippen LogP contribution in [0.4, 0.5) is 5.69 Å². The first-order valence-corrected chi connectivity index (χ1v) is 9.71. The van der Waals surface area contributed by atoms with Crippen molar-refractivity contribution in [3.05, 3.63) is 28.2 Å². The van der Waals surface area contributed by atoms with Crippen molar-refractivity contribution in [1.82, 2.24) is 0 Å². The maximum Gasteiger partial charge on any atom is 0.147 e. The third-order valence-corrected chi connectivity index (χ3v) is 5.75. The van der Waals surface area contributed by atoms with Gasteiger partial charge in [-0.15, -0.1) is 11.8 Å². The van der Waals surface area contributed by atoms with Crippen LogP contribution in [0.15, 0.2) is 23.2 Å². The standard InChI is InChI=1S/C17H19Cl2NO2S2/c1-17(2)8-13(20-12-4-3-10(18)7-11(12)19)15(14(22)9-17)16(23)24-6-5-21/h3-4,7,15,21H,5-6,8-9H2,1-2H3. The topological polar surface area (TPSA) is 49.7 Å². The Morgan fingerprint density at radius 1 is 1.42 bits per heavy atom. The number of thioether (sulfide) groups is 1. The zero-order valence-corrected chi connectivity index (χ0v) is 16.7. The van der Waals surface area contributed by atoms with Gasteiger partial charge in [-0.25, -0.2) is 0 Å². The van der Waals surface area contributed by atoms with Gasteiger partial charge in [-0.2, -0.15) is 0 Å². The number of nitrogens with zero attached hydrogens (tertiary/aromatic N) is 1. The van der Waals surface area contributed by atoms with Crippen molar-refractivity contribution in [1.29, 1.82) is 0 Å². The van der Waals surface area contributed by atoms with Crippen molar-refractivity contribution >= 4 is 68.6 Å². The van der Waals surface area contributed by atoms with Gasteiger partial charge in [0.1, 0.15) is 5.78 Å². The second-order valence-electron chi connectivity index (χ2n) is 6.51. The maximum absolute atomic E-state index is 12.7. The Morgan fingerprint density at radius 3 is 2.75 bits per heavy atom. The van der Waals surface area contributed by atoms with Crippen molar-refractivity contribution in [2.24, 2.45) is 16.3 Å². The lowest BCUT2D eigenvalue weighted by Crippen LogP contribution is -2.40. The third-order valence-electron chi connectivity index (χ3n) is 3.71. The molecule has 24 heavy (non-hydrogen) atoms. The van der Waals surface area contributed by atoms with E-state index >= 15 is 0 Å². The third kappa shape index (κ3) is 5.02. The van der Waals surface area contributed by atoms with Crippen LogP contribution in [0.5, 0.6) is 0 Å². The normalized spacial score (nSPS) is 22.0. The molecule has 1 aliphatic rings. The van der Waals surface area contributed by atoms with E-state index in [1.165, 1.54) is 11.8 Å². The Bertz CT molecular complexity index is 689. The first kappa shape index (κ1) is 19.9. The fourth-order valence-electron chi connectivity index (χ4n) is 2.74. The van der Waals surface area contributed by atoms with E-state index in [0.29, 0.717) is 38.5 Å². The fourth-order valence-corrected chi connectivity index (χ4v) is 4.44. The highest BCUT2D eigenvalue weighted by Crippen LogP contribution is 2.39. The molecule has 2 rings (SSSR count). The molecule has 1 aromatic carbocycles. The molecule has 1 N–H and O–H groups in total. The summed E-state index contributed by atoms with van der Waals surface area (Å²) in [5.41, 5.74) is 1.15.